The van der Waals surface area contributed by atoms with Crippen LogP contribution < -0.4 is 10.6 Å². The molecule has 0 fully saturated rings. The van der Waals surface area contributed by atoms with E-state index in [9.17, 15) is 0 Å². The largest absolute Gasteiger partial charge is 0.383 e. The van der Waals surface area contributed by atoms with Crippen molar-refractivity contribution < 1.29 is 4.74 Å². The number of ether oxygens (including phenoxy) is 1. The highest BCUT2D eigenvalue weighted by molar-refractivity contribution is 5.29. The second-order valence-corrected chi connectivity index (χ2v) is 3.12. The van der Waals surface area contributed by atoms with Crippen molar-refractivity contribution in [3.05, 3.63) is 18.0 Å². The maximum absolute atomic E-state index is 5.53. The van der Waals surface area contributed by atoms with Crippen LogP contribution in [0.15, 0.2) is 12.3 Å². The van der Waals surface area contributed by atoms with Gasteiger partial charge in [0, 0.05) is 32.9 Å². The first kappa shape index (κ1) is 11.9. The Morgan fingerprint density at radius 2 is 2.33 bits per heavy atom. The minimum atomic E-state index is 0.442. The van der Waals surface area contributed by atoms with Crippen LogP contribution in [0.4, 0.5) is 5.95 Å². The molecule has 15 heavy (non-hydrogen) atoms. The van der Waals surface area contributed by atoms with Crippen LogP contribution in [0.5, 0.6) is 0 Å². The lowest BCUT2D eigenvalue weighted by Crippen LogP contribution is -2.28. The van der Waals surface area contributed by atoms with Gasteiger partial charge in [-0.1, -0.05) is 0 Å². The van der Waals surface area contributed by atoms with Gasteiger partial charge in [0.1, 0.15) is 0 Å². The summed E-state index contributed by atoms with van der Waals surface area (Å²) in [6.45, 7) is 4.83. The summed E-state index contributed by atoms with van der Waals surface area (Å²) in [6.07, 6.45) is 1.74. The van der Waals surface area contributed by atoms with Gasteiger partial charge in [0.2, 0.25) is 5.95 Å². The highest BCUT2D eigenvalue weighted by atomic mass is 16.5. The zero-order valence-electron chi connectivity index (χ0n) is 9.31. The molecule has 0 bridgehead atoms. The van der Waals surface area contributed by atoms with E-state index in [4.69, 9.17) is 10.5 Å². The Balaban J connectivity index is 2.72. The molecule has 0 aliphatic carbocycles. The Bertz CT molecular complexity index is 293. The van der Waals surface area contributed by atoms with Crippen LogP contribution >= 0.6 is 0 Å². The standard InChI is InChI=1S/C10H18N4O/c1-3-14(6-7-15-2)10-12-5-4-9(8-11)13-10/h4-5H,3,6-8,11H2,1-2H3. The number of likely N-dealkylation sites (N-methyl/N-ethyl adjacent to an activating group) is 1. The molecule has 0 saturated heterocycles. The van der Waals surface area contributed by atoms with Crippen LogP contribution in [0.1, 0.15) is 12.6 Å². The van der Waals surface area contributed by atoms with Crippen LogP contribution in [0.25, 0.3) is 0 Å². The van der Waals surface area contributed by atoms with Gasteiger partial charge in [0.05, 0.1) is 12.3 Å². The van der Waals surface area contributed by atoms with Crippen molar-refractivity contribution in [3.8, 4) is 0 Å². The summed E-state index contributed by atoms with van der Waals surface area (Å²) in [5, 5.41) is 0. The molecule has 1 aromatic heterocycles. The van der Waals surface area contributed by atoms with Gasteiger partial charge in [0.15, 0.2) is 0 Å². The average molecular weight is 210 g/mol. The van der Waals surface area contributed by atoms with E-state index in [1.165, 1.54) is 0 Å². The minimum Gasteiger partial charge on any atom is -0.383 e. The van der Waals surface area contributed by atoms with Gasteiger partial charge in [-0.3, -0.25) is 0 Å². The second-order valence-electron chi connectivity index (χ2n) is 3.12. The summed E-state index contributed by atoms with van der Waals surface area (Å²) in [6, 6.07) is 1.83. The molecule has 0 spiro atoms. The average Bonchev–Trinajstić information content (AvgIpc) is 2.30. The number of methoxy groups -OCH3 is 1. The van der Waals surface area contributed by atoms with E-state index in [0.717, 1.165) is 24.7 Å². The fourth-order valence-corrected chi connectivity index (χ4v) is 1.25. The van der Waals surface area contributed by atoms with Crippen LogP contribution in [0, 0.1) is 0 Å². The summed E-state index contributed by atoms with van der Waals surface area (Å²) < 4.78 is 5.03. The highest BCUT2D eigenvalue weighted by Crippen LogP contribution is 2.06. The maximum Gasteiger partial charge on any atom is 0.225 e. The predicted molar refractivity (Wildman–Crippen MR) is 59.7 cm³/mol. The van der Waals surface area contributed by atoms with E-state index in [2.05, 4.69) is 21.8 Å². The van der Waals surface area contributed by atoms with Crippen molar-refractivity contribution in [2.75, 3.05) is 31.7 Å². The fourth-order valence-electron chi connectivity index (χ4n) is 1.25. The first-order valence-electron chi connectivity index (χ1n) is 5.07. The molecule has 5 heteroatoms. The molecule has 84 valence electrons. The van der Waals surface area contributed by atoms with Crippen molar-refractivity contribution in [1.29, 1.82) is 0 Å². The van der Waals surface area contributed by atoms with E-state index < -0.39 is 0 Å². The van der Waals surface area contributed by atoms with E-state index in [-0.39, 0.29) is 0 Å². The lowest BCUT2D eigenvalue weighted by molar-refractivity contribution is 0.205. The number of hydrogen-bond donors (Lipinski definition) is 1. The fraction of sp³-hybridized carbons (Fsp3) is 0.600. The molecule has 0 amide bonds. The Kier molecular flexibility index (Phi) is 5.00. The first-order valence-corrected chi connectivity index (χ1v) is 5.07. The summed E-state index contributed by atoms with van der Waals surface area (Å²) >= 11 is 0. The Morgan fingerprint density at radius 3 is 2.93 bits per heavy atom. The van der Waals surface area contributed by atoms with Gasteiger partial charge in [-0.25, -0.2) is 9.97 Å². The molecule has 0 saturated carbocycles. The molecule has 2 N–H and O–H groups in total. The number of rotatable bonds is 6. The highest BCUT2D eigenvalue weighted by Gasteiger charge is 2.06. The lowest BCUT2D eigenvalue weighted by Gasteiger charge is -2.20. The number of nitrogens with zero attached hydrogens (tertiary/aromatic N) is 3. The third-order valence-corrected chi connectivity index (χ3v) is 2.14. The second kappa shape index (κ2) is 6.31. The summed E-state index contributed by atoms with van der Waals surface area (Å²) in [5.41, 5.74) is 6.38. The molecule has 1 rings (SSSR count). The first-order chi connectivity index (χ1) is 7.31. The number of anilines is 1. The number of nitrogens with two attached hydrogens (primary N) is 1. The molecule has 0 aromatic carbocycles. The van der Waals surface area contributed by atoms with Crippen LogP contribution in [0.2, 0.25) is 0 Å². The van der Waals surface area contributed by atoms with Crippen LogP contribution in [0.3, 0.4) is 0 Å². The molecule has 0 atom stereocenters. The van der Waals surface area contributed by atoms with Gasteiger partial charge in [-0.05, 0) is 13.0 Å². The molecule has 1 aromatic rings. The van der Waals surface area contributed by atoms with Crippen molar-refractivity contribution >= 4 is 5.95 Å². The van der Waals surface area contributed by atoms with Gasteiger partial charge in [-0.15, -0.1) is 0 Å². The molecule has 5 nitrogen and oxygen atoms in total. The van der Waals surface area contributed by atoms with Crippen molar-refractivity contribution in [3.63, 3.8) is 0 Å². The van der Waals surface area contributed by atoms with Crippen molar-refractivity contribution in [1.82, 2.24) is 9.97 Å². The maximum atomic E-state index is 5.53. The number of aromatic nitrogens is 2. The molecular weight excluding hydrogens is 192 g/mol. The predicted octanol–water partition coefficient (Wildman–Crippen LogP) is 0.408. The molecule has 1 heterocycles. The van der Waals surface area contributed by atoms with E-state index >= 15 is 0 Å². The third-order valence-electron chi connectivity index (χ3n) is 2.14. The molecule has 0 aliphatic rings. The van der Waals surface area contributed by atoms with Gasteiger partial charge < -0.3 is 15.4 Å². The monoisotopic (exact) mass is 210 g/mol. The van der Waals surface area contributed by atoms with Gasteiger partial charge in [-0.2, -0.15) is 0 Å². The topological polar surface area (TPSA) is 64.3 Å². The Hall–Kier alpha value is -1.20. The Morgan fingerprint density at radius 1 is 1.53 bits per heavy atom. The summed E-state index contributed by atoms with van der Waals surface area (Å²) in [7, 11) is 1.69. The number of hydrogen-bond acceptors (Lipinski definition) is 5. The molecule has 0 radical (unpaired) electrons. The van der Waals surface area contributed by atoms with E-state index in [0.29, 0.717) is 13.2 Å². The molecule has 0 aliphatic heterocycles. The van der Waals surface area contributed by atoms with Gasteiger partial charge in [0.25, 0.3) is 0 Å². The quantitative estimate of drug-likeness (QED) is 0.736. The van der Waals surface area contributed by atoms with Gasteiger partial charge >= 0.3 is 0 Å². The smallest absolute Gasteiger partial charge is 0.225 e. The van der Waals surface area contributed by atoms with Crippen LogP contribution in [-0.4, -0.2) is 36.8 Å². The zero-order chi connectivity index (χ0) is 11.1. The zero-order valence-corrected chi connectivity index (χ0v) is 9.31. The van der Waals surface area contributed by atoms with Crippen LogP contribution in [-0.2, 0) is 11.3 Å². The lowest BCUT2D eigenvalue weighted by atomic mass is 10.4. The summed E-state index contributed by atoms with van der Waals surface area (Å²) in [4.78, 5) is 10.6. The normalized spacial score (nSPS) is 10.3. The summed E-state index contributed by atoms with van der Waals surface area (Å²) in [5.74, 6) is 0.720. The molecular formula is C10H18N4O. The Labute approximate surface area is 90.3 Å². The van der Waals surface area contributed by atoms with E-state index in [1.807, 2.05) is 6.07 Å². The third kappa shape index (κ3) is 3.45. The molecule has 0 unspecified atom stereocenters. The van der Waals surface area contributed by atoms with Crippen molar-refractivity contribution in [2.45, 2.75) is 13.5 Å². The van der Waals surface area contributed by atoms with Crippen molar-refractivity contribution in [2.24, 2.45) is 5.73 Å². The van der Waals surface area contributed by atoms with E-state index in [1.54, 1.807) is 13.3 Å². The SMILES string of the molecule is CCN(CCOC)c1nccc(CN)n1. The minimum absolute atomic E-state index is 0.442.